The fraction of sp³-hybridized carbons (Fsp3) is 0.174. The number of hydrogen-bond donors (Lipinski definition) is 1. The van der Waals surface area contributed by atoms with Gasteiger partial charge in [0.1, 0.15) is 0 Å². The molecule has 3 rings (SSSR count). The highest BCUT2D eigenvalue weighted by molar-refractivity contribution is 6.30. The molecule has 1 aromatic heterocycles. The number of nitro groups is 1. The van der Waals surface area contributed by atoms with Gasteiger partial charge >= 0.3 is 0 Å². The van der Waals surface area contributed by atoms with E-state index in [4.69, 9.17) is 11.6 Å². The molecule has 33 heavy (non-hydrogen) atoms. The Hall–Kier alpha value is -3.82. The smallest absolute Gasteiger partial charge is 0.269 e. The molecule has 0 aliphatic carbocycles. The molecule has 1 atom stereocenters. The first-order chi connectivity index (χ1) is 15.8. The highest BCUT2D eigenvalue weighted by Gasteiger charge is 2.34. The van der Waals surface area contributed by atoms with Gasteiger partial charge in [-0.15, -0.1) is 0 Å². The first kappa shape index (κ1) is 23.8. The molecule has 0 fully saturated rings. The third kappa shape index (κ3) is 5.71. The molecule has 1 amide bonds. The number of hydrogen-bond acceptors (Lipinski definition) is 6. The number of benzene rings is 2. The molecule has 0 spiro atoms. The summed E-state index contributed by atoms with van der Waals surface area (Å²) in [6.07, 6.45) is 1.19. The van der Waals surface area contributed by atoms with Crippen molar-refractivity contribution >= 4 is 29.0 Å². The van der Waals surface area contributed by atoms with Crippen LogP contribution >= 0.6 is 11.6 Å². The summed E-state index contributed by atoms with van der Waals surface area (Å²) < 4.78 is 0.934. The Balaban J connectivity index is 2.06. The molecule has 0 saturated carbocycles. The highest BCUT2D eigenvalue weighted by Crippen LogP contribution is 2.21. The van der Waals surface area contributed by atoms with E-state index in [9.17, 15) is 29.6 Å². The van der Waals surface area contributed by atoms with Crippen molar-refractivity contribution in [1.82, 2.24) is 9.47 Å². The minimum atomic E-state index is -1.62. The zero-order valence-corrected chi connectivity index (χ0v) is 18.1. The molecule has 0 unspecified atom stereocenters. The highest BCUT2D eigenvalue weighted by atomic mass is 35.5. The maximum Gasteiger partial charge on any atom is 0.269 e. The quantitative estimate of drug-likeness (QED) is 0.222. The average molecular weight is 470 g/mol. The van der Waals surface area contributed by atoms with E-state index in [0.29, 0.717) is 0 Å². The van der Waals surface area contributed by atoms with Gasteiger partial charge in [0.25, 0.3) is 17.2 Å². The van der Waals surface area contributed by atoms with Gasteiger partial charge in [-0.1, -0.05) is 41.9 Å². The summed E-state index contributed by atoms with van der Waals surface area (Å²) >= 11 is 6.03. The van der Waals surface area contributed by atoms with Crippen molar-refractivity contribution in [1.29, 1.82) is 0 Å². The fourth-order valence-corrected chi connectivity index (χ4v) is 3.47. The van der Waals surface area contributed by atoms with Crippen LogP contribution in [-0.2, 0) is 11.3 Å². The van der Waals surface area contributed by atoms with E-state index >= 15 is 0 Å². The van der Waals surface area contributed by atoms with E-state index in [1.807, 2.05) is 6.07 Å². The van der Waals surface area contributed by atoms with Gasteiger partial charge in [0.05, 0.1) is 16.6 Å². The maximum atomic E-state index is 13.6. The van der Waals surface area contributed by atoms with Crippen LogP contribution in [0.5, 0.6) is 0 Å². The van der Waals surface area contributed by atoms with E-state index in [1.54, 1.807) is 24.3 Å². The van der Waals surface area contributed by atoms with Crippen LogP contribution in [0.2, 0.25) is 5.02 Å². The van der Waals surface area contributed by atoms with Gasteiger partial charge in [-0.2, -0.15) is 0 Å². The Kier molecular flexibility index (Phi) is 7.70. The fourth-order valence-electron chi connectivity index (χ4n) is 3.31. The molecule has 0 aliphatic rings. The summed E-state index contributed by atoms with van der Waals surface area (Å²) in [6, 6.07) is 14.6. The zero-order chi connectivity index (χ0) is 24.0. The summed E-state index contributed by atoms with van der Waals surface area (Å²) in [7, 11) is 0. The number of rotatable bonds is 9. The number of aliphatic hydroxyl groups is 1. The molecular weight excluding hydrogens is 450 g/mol. The van der Waals surface area contributed by atoms with Gasteiger partial charge in [-0.25, -0.2) is 0 Å². The van der Waals surface area contributed by atoms with Gasteiger partial charge in [0.2, 0.25) is 0 Å². The second kappa shape index (κ2) is 10.7. The average Bonchev–Trinajstić information content (AvgIpc) is 2.81. The Bertz CT molecular complexity index is 1210. The monoisotopic (exact) mass is 469 g/mol. The van der Waals surface area contributed by atoms with E-state index in [-0.39, 0.29) is 36.0 Å². The second-order valence-electron chi connectivity index (χ2n) is 7.13. The van der Waals surface area contributed by atoms with Crippen molar-refractivity contribution in [2.75, 3.05) is 13.2 Å². The van der Waals surface area contributed by atoms with Gasteiger partial charge < -0.3 is 10.0 Å². The molecule has 2 aromatic carbocycles. The number of nitrogens with zero attached hydrogens (tertiary/aromatic N) is 3. The van der Waals surface area contributed by atoms with Crippen LogP contribution in [0.25, 0.3) is 0 Å². The van der Waals surface area contributed by atoms with Crippen LogP contribution in [0.15, 0.2) is 77.7 Å². The summed E-state index contributed by atoms with van der Waals surface area (Å²) in [5.74, 6) is -1.46. The number of ketones is 1. The lowest BCUT2D eigenvalue weighted by Gasteiger charge is -2.27. The molecule has 0 saturated heterocycles. The van der Waals surface area contributed by atoms with Gasteiger partial charge in [-0.3, -0.25) is 29.1 Å². The summed E-state index contributed by atoms with van der Waals surface area (Å²) in [5.41, 5.74) is -0.0780. The van der Waals surface area contributed by atoms with Gasteiger partial charge in [-0.05, 0) is 23.8 Å². The van der Waals surface area contributed by atoms with Gasteiger partial charge in [0.15, 0.2) is 11.8 Å². The number of Topliss-reactive ketones (excluding diaryl/α,β-unsaturated/α-hetero) is 1. The molecule has 0 bridgehead atoms. The van der Waals surface area contributed by atoms with Crippen molar-refractivity contribution in [3.05, 3.63) is 110 Å². The number of aromatic nitrogens is 1. The van der Waals surface area contributed by atoms with E-state index in [1.165, 1.54) is 29.3 Å². The molecule has 3 aromatic rings. The molecule has 10 heteroatoms. The van der Waals surface area contributed by atoms with Crippen molar-refractivity contribution in [2.24, 2.45) is 0 Å². The number of pyridine rings is 1. The Morgan fingerprint density at radius 1 is 1.06 bits per heavy atom. The predicted octanol–water partition coefficient (Wildman–Crippen LogP) is 2.86. The van der Waals surface area contributed by atoms with E-state index in [2.05, 4.69) is 0 Å². The lowest BCUT2D eigenvalue weighted by Crippen LogP contribution is -2.44. The number of carbonyl (C=O) groups excluding carboxylic acids is 2. The van der Waals surface area contributed by atoms with Crippen molar-refractivity contribution in [2.45, 2.75) is 12.6 Å². The minimum absolute atomic E-state index is 0.00878. The van der Waals surface area contributed by atoms with Crippen LogP contribution in [0, 0.1) is 10.1 Å². The number of aliphatic hydroxyl groups excluding tert-OH is 1. The van der Waals surface area contributed by atoms with Crippen molar-refractivity contribution < 1.29 is 19.6 Å². The molecule has 0 radical (unpaired) electrons. The second-order valence-corrected chi connectivity index (χ2v) is 7.57. The van der Waals surface area contributed by atoms with Crippen LogP contribution in [0.4, 0.5) is 5.69 Å². The summed E-state index contributed by atoms with van der Waals surface area (Å²) in [4.78, 5) is 51.2. The number of amides is 1. The third-order valence-electron chi connectivity index (χ3n) is 4.92. The number of halogens is 1. The SMILES string of the molecule is O=C(c1ccc([N+](=O)[O-])cc1)[C@H](C(=O)N(CCO)Cc1ccccc1)n1cc(Cl)ccc1=O. The van der Waals surface area contributed by atoms with Crippen molar-refractivity contribution in [3.63, 3.8) is 0 Å². The molecule has 170 valence electrons. The first-order valence-corrected chi connectivity index (χ1v) is 10.3. The standard InChI is InChI=1S/C23H20ClN3O6/c24-18-8-11-20(29)26(15-18)21(22(30)17-6-9-19(10-7-17)27(32)33)23(31)25(12-13-28)14-16-4-2-1-3-5-16/h1-11,15,21,28H,12-14H2/t21-/m1/s1. The first-order valence-electron chi connectivity index (χ1n) is 9.91. The number of carbonyl (C=O) groups is 2. The number of non-ortho nitro benzene ring substituents is 1. The largest absolute Gasteiger partial charge is 0.395 e. The zero-order valence-electron chi connectivity index (χ0n) is 17.3. The maximum absolute atomic E-state index is 13.6. The molecule has 1 heterocycles. The molecular formula is C23H20ClN3O6. The molecule has 9 nitrogen and oxygen atoms in total. The predicted molar refractivity (Wildman–Crippen MR) is 121 cm³/mol. The topological polar surface area (TPSA) is 123 Å². The Morgan fingerprint density at radius 2 is 1.73 bits per heavy atom. The summed E-state index contributed by atoms with van der Waals surface area (Å²) in [5, 5.41) is 20.6. The Labute approximate surface area is 193 Å². The van der Waals surface area contributed by atoms with Crippen LogP contribution < -0.4 is 5.56 Å². The van der Waals surface area contributed by atoms with Gasteiger partial charge in [0, 0.05) is 43.0 Å². The van der Waals surface area contributed by atoms with Crippen LogP contribution in [0.3, 0.4) is 0 Å². The molecule has 0 aliphatic heterocycles. The Morgan fingerprint density at radius 3 is 2.33 bits per heavy atom. The normalized spacial score (nSPS) is 11.6. The molecule has 1 N–H and O–H groups in total. The van der Waals surface area contributed by atoms with Crippen molar-refractivity contribution in [3.8, 4) is 0 Å². The lowest BCUT2D eigenvalue weighted by atomic mass is 10.0. The lowest BCUT2D eigenvalue weighted by molar-refractivity contribution is -0.384. The van der Waals surface area contributed by atoms with E-state index in [0.717, 1.165) is 28.3 Å². The van der Waals surface area contributed by atoms with E-state index < -0.39 is 28.2 Å². The van der Waals surface area contributed by atoms with Crippen LogP contribution in [-0.4, -0.2) is 44.3 Å². The summed E-state index contributed by atoms with van der Waals surface area (Å²) in [6.45, 7) is -0.339. The minimum Gasteiger partial charge on any atom is -0.395 e. The third-order valence-corrected chi connectivity index (χ3v) is 5.15. The number of nitro benzene ring substituents is 1. The van der Waals surface area contributed by atoms with Crippen LogP contribution in [0.1, 0.15) is 22.0 Å².